The van der Waals surface area contributed by atoms with Gasteiger partial charge in [0, 0.05) is 36.5 Å². The lowest BCUT2D eigenvalue weighted by atomic mass is 10.1. The Morgan fingerprint density at radius 2 is 1.86 bits per heavy atom. The van der Waals surface area contributed by atoms with Gasteiger partial charge in [-0.15, -0.1) is 0 Å². The number of carbonyl (C=O) groups excluding carboxylic acids is 2. The summed E-state index contributed by atoms with van der Waals surface area (Å²) in [6.45, 7) is 4.89. The van der Waals surface area contributed by atoms with E-state index in [-0.39, 0.29) is 11.8 Å². The second-order valence-electron chi connectivity index (χ2n) is 7.39. The van der Waals surface area contributed by atoms with Gasteiger partial charge in [0.2, 0.25) is 5.91 Å². The molecule has 0 aliphatic carbocycles. The monoisotopic (exact) mass is 399 g/mol. The van der Waals surface area contributed by atoms with Crippen molar-refractivity contribution in [3.05, 3.63) is 58.9 Å². The highest BCUT2D eigenvalue weighted by Gasteiger charge is 2.27. The summed E-state index contributed by atoms with van der Waals surface area (Å²) < 4.78 is 0. The molecule has 2 aliphatic rings. The molecule has 1 aromatic heterocycles. The van der Waals surface area contributed by atoms with Crippen molar-refractivity contribution < 1.29 is 14.5 Å². The van der Waals surface area contributed by atoms with Gasteiger partial charge in [-0.25, -0.2) is 0 Å². The number of anilines is 1. The number of piperazine rings is 1. The minimum absolute atomic E-state index is 0.00697. The van der Waals surface area contributed by atoms with Gasteiger partial charge in [0.05, 0.1) is 36.9 Å². The number of rotatable bonds is 4. The van der Waals surface area contributed by atoms with Crippen molar-refractivity contribution >= 4 is 29.1 Å². The van der Waals surface area contributed by atoms with Gasteiger partial charge in [-0.3, -0.25) is 14.6 Å². The number of hydrogen-bond donors (Lipinski definition) is 1. The molecule has 2 aromatic rings. The molecule has 7 heteroatoms. The molecule has 146 valence electrons. The zero-order valence-corrected chi connectivity index (χ0v) is 16.5. The van der Waals surface area contributed by atoms with Crippen LogP contribution in [-0.4, -0.2) is 54.4 Å². The molecule has 1 aromatic carbocycles. The number of carbonyl (C=O) groups is 2. The van der Waals surface area contributed by atoms with E-state index in [0.29, 0.717) is 29.2 Å². The van der Waals surface area contributed by atoms with Gasteiger partial charge < -0.3 is 14.7 Å². The Labute approximate surface area is 169 Å². The van der Waals surface area contributed by atoms with Crippen molar-refractivity contribution in [1.82, 2.24) is 9.88 Å². The van der Waals surface area contributed by atoms with Crippen molar-refractivity contribution in [2.24, 2.45) is 0 Å². The van der Waals surface area contributed by atoms with Crippen LogP contribution in [-0.2, 0) is 11.3 Å². The molecule has 4 rings (SSSR count). The molecule has 28 heavy (non-hydrogen) atoms. The average Bonchev–Trinajstić information content (AvgIpc) is 3.15. The maximum Gasteiger partial charge on any atom is 0.254 e. The number of benzene rings is 1. The van der Waals surface area contributed by atoms with Crippen molar-refractivity contribution in [2.45, 2.75) is 19.4 Å². The SMILES string of the molecule is O=C(c1ccc(Cl)c(N2CCCC2=O)c1)N1CC[NH+](Cc2ccncc2)CC1. The van der Waals surface area contributed by atoms with Gasteiger partial charge in [0.1, 0.15) is 6.54 Å². The molecule has 2 saturated heterocycles. The molecule has 0 spiro atoms. The fourth-order valence-corrected chi connectivity index (χ4v) is 4.15. The van der Waals surface area contributed by atoms with Crippen LogP contribution in [0.1, 0.15) is 28.8 Å². The Balaban J connectivity index is 1.41. The number of hydrogen-bond acceptors (Lipinski definition) is 3. The van der Waals surface area contributed by atoms with Gasteiger partial charge in [0.25, 0.3) is 5.91 Å². The normalized spacial score (nSPS) is 18.0. The van der Waals surface area contributed by atoms with Crippen LogP contribution >= 0.6 is 11.6 Å². The van der Waals surface area contributed by atoms with E-state index in [1.165, 1.54) is 10.5 Å². The molecule has 2 amide bonds. The second kappa shape index (κ2) is 8.29. The van der Waals surface area contributed by atoms with Crippen molar-refractivity contribution in [3.8, 4) is 0 Å². The van der Waals surface area contributed by atoms with E-state index in [1.54, 1.807) is 23.1 Å². The first-order valence-electron chi connectivity index (χ1n) is 9.73. The topological polar surface area (TPSA) is 58.0 Å². The highest BCUT2D eigenvalue weighted by atomic mass is 35.5. The summed E-state index contributed by atoms with van der Waals surface area (Å²) in [6.07, 6.45) is 5.00. The summed E-state index contributed by atoms with van der Waals surface area (Å²) >= 11 is 6.30. The van der Waals surface area contributed by atoms with Crippen molar-refractivity contribution in [1.29, 1.82) is 0 Å². The molecule has 0 atom stereocenters. The predicted octanol–water partition coefficient (Wildman–Crippen LogP) is 1.40. The largest absolute Gasteiger partial charge is 0.328 e. The van der Waals surface area contributed by atoms with Crippen LogP contribution in [0.4, 0.5) is 5.69 Å². The fraction of sp³-hybridized carbons (Fsp3) is 0.381. The predicted molar refractivity (Wildman–Crippen MR) is 108 cm³/mol. The van der Waals surface area contributed by atoms with Crippen LogP contribution < -0.4 is 9.80 Å². The smallest absolute Gasteiger partial charge is 0.254 e. The number of nitrogens with zero attached hydrogens (tertiary/aromatic N) is 3. The molecule has 0 radical (unpaired) electrons. The van der Waals surface area contributed by atoms with Crippen molar-refractivity contribution in [3.63, 3.8) is 0 Å². The lowest BCUT2D eigenvalue weighted by Crippen LogP contribution is -3.13. The van der Waals surface area contributed by atoms with Crippen LogP contribution in [0.2, 0.25) is 5.02 Å². The summed E-state index contributed by atoms with van der Waals surface area (Å²) in [5.41, 5.74) is 2.51. The second-order valence-corrected chi connectivity index (χ2v) is 7.80. The lowest BCUT2D eigenvalue weighted by molar-refractivity contribution is -0.917. The molecule has 0 unspecified atom stereocenters. The molecule has 0 saturated carbocycles. The molecule has 6 nitrogen and oxygen atoms in total. The number of pyridine rings is 1. The van der Waals surface area contributed by atoms with Crippen LogP contribution in [0.3, 0.4) is 0 Å². The van der Waals surface area contributed by atoms with E-state index in [4.69, 9.17) is 11.6 Å². The molecular formula is C21H24ClN4O2+. The molecule has 2 aliphatic heterocycles. The van der Waals surface area contributed by atoms with Gasteiger partial charge in [-0.05, 0) is 36.8 Å². The Hall–Kier alpha value is -2.44. The summed E-state index contributed by atoms with van der Waals surface area (Å²) in [6, 6.07) is 9.33. The third-order valence-electron chi connectivity index (χ3n) is 5.52. The maximum atomic E-state index is 13.0. The first kappa shape index (κ1) is 18.9. The van der Waals surface area contributed by atoms with Gasteiger partial charge in [-0.1, -0.05) is 11.6 Å². The van der Waals surface area contributed by atoms with Crippen LogP contribution in [0, 0.1) is 0 Å². The first-order chi connectivity index (χ1) is 13.6. The minimum atomic E-state index is 0.00697. The van der Waals surface area contributed by atoms with E-state index in [2.05, 4.69) is 4.98 Å². The summed E-state index contributed by atoms with van der Waals surface area (Å²) in [4.78, 5) is 34.2. The molecule has 0 bridgehead atoms. The summed E-state index contributed by atoms with van der Waals surface area (Å²) in [5.74, 6) is 0.0762. The van der Waals surface area contributed by atoms with E-state index in [0.717, 1.165) is 39.1 Å². The van der Waals surface area contributed by atoms with E-state index in [9.17, 15) is 9.59 Å². The van der Waals surface area contributed by atoms with E-state index < -0.39 is 0 Å². The Kier molecular flexibility index (Phi) is 5.59. The molecule has 1 N–H and O–H groups in total. The zero-order valence-electron chi connectivity index (χ0n) is 15.7. The summed E-state index contributed by atoms with van der Waals surface area (Å²) in [7, 11) is 0. The quantitative estimate of drug-likeness (QED) is 0.845. The van der Waals surface area contributed by atoms with Crippen LogP contribution in [0.15, 0.2) is 42.7 Å². The third kappa shape index (κ3) is 4.03. The van der Waals surface area contributed by atoms with Crippen LogP contribution in [0.5, 0.6) is 0 Å². The number of quaternary nitrogens is 1. The third-order valence-corrected chi connectivity index (χ3v) is 5.84. The maximum absolute atomic E-state index is 13.0. The number of halogens is 1. The van der Waals surface area contributed by atoms with Gasteiger partial charge in [0.15, 0.2) is 0 Å². The Morgan fingerprint density at radius 3 is 2.54 bits per heavy atom. The number of amides is 2. The van der Waals surface area contributed by atoms with Crippen molar-refractivity contribution in [2.75, 3.05) is 37.6 Å². The zero-order chi connectivity index (χ0) is 19.5. The van der Waals surface area contributed by atoms with E-state index in [1.807, 2.05) is 29.4 Å². The standard InChI is InChI=1S/C21H23ClN4O2/c22-18-4-3-17(14-19(18)26-9-1-2-20(26)27)21(28)25-12-10-24(11-13-25)15-16-5-7-23-8-6-16/h3-8,14H,1-2,9-13,15H2/p+1. The average molecular weight is 400 g/mol. The molecule has 2 fully saturated rings. The minimum Gasteiger partial charge on any atom is -0.328 e. The van der Waals surface area contributed by atoms with Crippen LogP contribution in [0.25, 0.3) is 0 Å². The summed E-state index contributed by atoms with van der Waals surface area (Å²) in [5, 5.41) is 0.512. The molecular weight excluding hydrogens is 376 g/mol. The Bertz CT molecular complexity index is 866. The van der Waals surface area contributed by atoms with E-state index >= 15 is 0 Å². The first-order valence-corrected chi connectivity index (χ1v) is 10.1. The van der Waals surface area contributed by atoms with Gasteiger partial charge >= 0.3 is 0 Å². The number of nitrogens with one attached hydrogen (secondary N) is 1. The fourth-order valence-electron chi connectivity index (χ4n) is 3.93. The number of aromatic nitrogens is 1. The van der Waals surface area contributed by atoms with Gasteiger partial charge in [-0.2, -0.15) is 0 Å². The highest BCUT2D eigenvalue weighted by molar-refractivity contribution is 6.34. The lowest BCUT2D eigenvalue weighted by Gasteiger charge is -2.32. The highest BCUT2D eigenvalue weighted by Crippen LogP contribution is 2.30. The Morgan fingerprint density at radius 1 is 1.11 bits per heavy atom. The molecule has 3 heterocycles.